The standard InChI is InChI=1S/C10H11NO4/c1-15-10(14)11-9(13)8(12)7-5-3-2-4-6-7/h2-6,9,13H,1H3,(H,11,14)/t9-/m0/s1. The summed E-state index contributed by atoms with van der Waals surface area (Å²) in [4.78, 5) is 22.2. The number of benzene rings is 1. The summed E-state index contributed by atoms with van der Waals surface area (Å²) in [7, 11) is 1.15. The van der Waals surface area contributed by atoms with Crippen LogP contribution in [0.4, 0.5) is 4.79 Å². The third kappa shape index (κ3) is 3.07. The van der Waals surface area contributed by atoms with Crippen LogP contribution >= 0.6 is 0 Å². The summed E-state index contributed by atoms with van der Waals surface area (Å²) >= 11 is 0. The van der Waals surface area contributed by atoms with Crippen LogP contribution in [-0.2, 0) is 4.74 Å². The van der Waals surface area contributed by atoms with Gasteiger partial charge in [0.2, 0.25) is 5.78 Å². The summed E-state index contributed by atoms with van der Waals surface area (Å²) in [5, 5.41) is 11.3. The molecule has 0 radical (unpaired) electrons. The number of carbonyl (C=O) groups is 2. The Morgan fingerprint density at radius 3 is 2.47 bits per heavy atom. The molecule has 80 valence electrons. The van der Waals surface area contributed by atoms with Crippen molar-refractivity contribution in [2.24, 2.45) is 0 Å². The molecule has 1 atom stereocenters. The molecule has 1 amide bonds. The zero-order valence-corrected chi connectivity index (χ0v) is 8.14. The normalized spacial score (nSPS) is 11.6. The quantitative estimate of drug-likeness (QED) is 0.563. The molecule has 5 heteroatoms. The number of methoxy groups -OCH3 is 1. The molecule has 0 bridgehead atoms. The van der Waals surface area contributed by atoms with E-state index in [9.17, 15) is 14.7 Å². The first-order chi connectivity index (χ1) is 7.15. The van der Waals surface area contributed by atoms with E-state index >= 15 is 0 Å². The first-order valence-corrected chi connectivity index (χ1v) is 4.27. The Morgan fingerprint density at radius 1 is 1.33 bits per heavy atom. The van der Waals surface area contributed by atoms with E-state index in [1.807, 2.05) is 5.32 Å². The number of aliphatic hydroxyl groups excluding tert-OH is 1. The zero-order chi connectivity index (χ0) is 11.3. The summed E-state index contributed by atoms with van der Waals surface area (Å²) in [6.07, 6.45) is -2.44. The van der Waals surface area contributed by atoms with E-state index in [1.165, 1.54) is 0 Å². The van der Waals surface area contributed by atoms with Crippen LogP contribution in [0.2, 0.25) is 0 Å². The first-order valence-electron chi connectivity index (χ1n) is 4.27. The fraction of sp³-hybridized carbons (Fsp3) is 0.200. The Balaban J connectivity index is 2.65. The van der Waals surface area contributed by atoms with Gasteiger partial charge in [0.15, 0.2) is 6.23 Å². The van der Waals surface area contributed by atoms with Gasteiger partial charge in [0.05, 0.1) is 7.11 Å². The van der Waals surface area contributed by atoms with Crippen molar-refractivity contribution in [3.8, 4) is 0 Å². The minimum atomic E-state index is -1.58. The third-order valence-corrected chi connectivity index (χ3v) is 1.75. The number of rotatable bonds is 3. The monoisotopic (exact) mass is 209 g/mol. The van der Waals surface area contributed by atoms with E-state index in [1.54, 1.807) is 30.3 Å². The minimum absolute atomic E-state index is 0.321. The van der Waals surface area contributed by atoms with Gasteiger partial charge in [-0.1, -0.05) is 30.3 Å². The number of Topliss-reactive ketones (excluding diaryl/α,β-unsaturated/α-hetero) is 1. The molecule has 1 aromatic rings. The summed E-state index contributed by atoms with van der Waals surface area (Å²) in [5.74, 6) is -0.582. The smallest absolute Gasteiger partial charge is 0.409 e. The van der Waals surface area contributed by atoms with Gasteiger partial charge in [-0.05, 0) is 0 Å². The topological polar surface area (TPSA) is 75.6 Å². The number of ketones is 1. The maximum absolute atomic E-state index is 11.5. The van der Waals surface area contributed by atoms with Gasteiger partial charge in [-0.2, -0.15) is 0 Å². The molecule has 1 aromatic carbocycles. The highest BCUT2D eigenvalue weighted by molar-refractivity contribution is 6.00. The number of hydrogen-bond donors (Lipinski definition) is 2. The number of hydrogen-bond acceptors (Lipinski definition) is 4. The summed E-state index contributed by atoms with van der Waals surface area (Å²) < 4.78 is 4.24. The molecule has 0 unspecified atom stereocenters. The van der Waals surface area contributed by atoms with Gasteiger partial charge in [0.25, 0.3) is 0 Å². The number of nitrogens with one attached hydrogen (secondary N) is 1. The Morgan fingerprint density at radius 2 is 1.93 bits per heavy atom. The second kappa shape index (κ2) is 5.11. The van der Waals surface area contributed by atoms with E-state index in [0.29, 0.717) is 5.56 Å². The molecule has 2 N–H and O–H groups in total. The van der Waals surface area contributed by atoms with Crippen LogP contribution in [-0.4, -0.2) is 30.3 Å². The zero-order valence-electron chi connectivity index (χ0n) is 8.14. The number of aliphatic hydroxyl groups is 1. The number of carbonyl (C=O) groups excluding carboxylic acids is 2. The van der Waals surface area contributed by atoms with Crippen LogP contribution in [0.15, 0.2) is 30.3 Å². The fourth-order valence-corrected chi connectivity index (χ4v) is 0.996. The van der Waals surface area contributed by atoms with Gasteiger partial charge >= 0.3 is 6.09 Å². The highest BCUT2D eigenvalue weighted by Gasteiger charge is 2.18. The van der Waals surface area contributed by atoms with Crippen molar-refractivity contribution >= 4 is 11.9 Å². The molecule has 0 fully saturated rings. The van der Waals surface area contributed by atoms with Crippen molar-refractivity contribution < 1.29 is 19.4 Å². The molecule has 5 nitrogen and oxygen atoms in total. The van der Waals surface area contributed by atoms with Gasteiger partial charge in [-0.15, -0.1) is 0 Å². The molecule has 15 heavy (non-hydrogen) atoms. The number of alkyl carbamates (subject to hydrolysis) is 1. The van der Waals surface area contributed by atoms with E-state index in [2.05, 4.69) is 4.74 Å². The third-order valence-electron chi connectivity index (χ3n) is 1.75. The van der Waals surface area contributed by atoms with E-state index < -0.39 is 18.1 Å². The van der Waals surface area contributed by atoms with Crippen LogP contribution in [0.5, 0.6) is 0 Å². The van der Waals surface area contributed by atoms with Crippen molar-refractivity contribution in [2.75, 3.05) is 7.11 Å². The molecule has 1 rings (SSSR count). The fourth-order valence-electron chi connectivity index (χ4n) is 0.996. The lowest BCUT2D eigenvalue weighted by molar-refractivity contribution is 0.0651. The van der Waals surface area contributed by atoms with Crippen molar-refractivity contribution in [2.45, 2.75) is 6.23 Å². The average molecular weight is 209 g/mol. The summed E-state index contributed by atoms with van der Waals surface area (Å²) in [6.45, 7) is 0. The molecule has 0 aliphatic carbocycles. The molecule has 0 saturated carbocycles. The van der Waals surface area contributed by atoms with Crippen LogP contribution < -0.4 is 5.32 Å². The highest BCUT2D eigenvalue weighted by Crippen LogP contribution is 2.01. The predicted octanol–water partition coefficient (Wildman–Crippen LogP) is 0.544. The Kier molecular flexibility index (Phi) is 3.82. The van der Waals surface area contributed by atoms with Gasteiger partial charge in [0, 0.05) is 5.56 Å². The molecule has 0 spiro atoms. The first kappa shape index (κ1) is 11.2. The van der Waals surface area contributed by atoms with E-state index in [-0.39, 0.29) is 0 Å². The molecular formula is C10H11NO4. The summed E-state index contributed by atoms with van der Waals surface area (Å²) in [6, 6.07) is 8.17. The lowest BCUT2D eigenvalue weighted by Gasteiger charge is -2.10. The largest absolute Gasteiger partial charge is 0.453 e. The lowest BCUT2D eigenvalue weighted by atomic mass is 10.1. The van der Waals surface area contributed by atoms with Crippen molar-refractivity contribution in [3.63, 3.8) is 0 Å². The van der Waals surface area contributed by atoms with Gasteiger partial charge in [-0.25, -0.2) is 4.79 Å². The molecule has 0 saturated heterocycles. The van der Waals surface area contributed by atoms with Crippen LogP contribution in [0.3, 0.4) is 0 Å². The molecule has 0 aromatic heterocycles. The molecule has 0 aliphatic rings. The maximum atomic E-state index is 11.5. The van der Waals surface area contributed by atoms with Gasteiger partial charge in [-0.3, -0.25) is 10.1 Å². The number of ether oxygens (including phenoxy) is 1. The van der Waals surface area contributed by atoms with Crippen molar-refractivity contribution in [3.05, 3.63) is 35.9 Å². The Hall–Kier alpha value is -1.88. The maximum Gasteiger partial charge on any atom is 0.409 e. The van der Waals surface area contributed by atoms with E-state index in [4.69, 9.17) is 0 Å². The van der Waals surface area contributed by atoms with Crippen molar-refractivity contribution in [1.82, 2.24) is 5.32 Å². The lowest BCUT2D eigenvalue weighted by Crippen LogP contribution is -2.40. The molecule has 0 heterocycles. The van der Waals surface area contributed by atoms with Gasteiger partial charge in [0.1, 0.15) is 0 Å². The Labute approximate surface area is 86.7 Å². The van der Waals surface area contributed by atoms with Crippen LogP contribution in [0.25, 0.3) is 0 Å². The molecular weight excluding hydrogens is 198 g/mol. The SMILES string of the molecule is COC(=O)N[C@@H](O)C(=O)c1ccccc1. The minimum Gasteiger partial charge on any atom is -0.453 e. The van der Waals surface area contributed by atoms with Crippen molar-refractivity contribution in [1.29, 1.82) is 0 Å². The van der Waals surface area contributed by atoms with Crippen LogP contribution in [0, 0.1) is 0 Å². The highest BCUT2D eigenvalue weighted by atomic mass is 16.5. The van der Waals surface area contributed by atoms with Crippen LogP contribution in [0.1, 0.15) is 10.4 Å². The Bertz CT molecular complexity index is 350. The second-order valence-corrected chi connectivity index (χ2v) is 2.77. The summed E-state index contributed by atoms with van der Waals surface area (Å²) in [5.41, 5.74) is 0.321. The molecule has 0 aliphatic heterocycles. The number of amides is 1. The average Bonchev–Trinajstić information content (AvgIpc) is 2.29. The van der Waals surface area contributed by atoms with Gasteiger partial charge < -0.3 is 9.84 Å². The van der Waals surface area contributed by atoms with E-state index in [0.717, 1.165) is 7.11 Å². The predicted molar refractivity (Wildman–Crippen MR) is 52.3 cm³/mol. The second-order valence-electron chi connectivity index (χ2n) is 2.77.